The monoisotopic (exact) mass is 492 g/mol. The quantitative estimate of drug-likeness (QED) is 0.196. The highest BCUT2D eigenvalue weighted by molar-refractivity contribution is 5.81. The van der Waals surface area contributed by atoms with E-state index in [2.05, 4.69) is 19.9 Å². The van der Waals surface area contributed by atoms with Crippen molar-refractivity contribution < 1.29 is 34.6 Å². The van der Waals surface area contributed by atoms with E-state index in [1.54, 1.807) is 0 Å². The molecule has 5 rings (SSSR count). The normalized spacial score (nSPS) is 33.0. The number of ether oxygens (including phenoxy) is 3. The van der Waals surface area contributed by atoms with E-state index >= 15 is 0 Å². The summed E-state index contributed by atoms with van der Waals surface area (Å²) in [5, 5.41) is 41.4. The highest BCUT2D eigenvalue weighted by Gasteiger charge is 2.49. The molecule has 0 aliphatic carbocycles. The Morgan fingerprint density at radius 1 is 1.00 bits per heavy atom. The van der Waals surface area contributed by atoms with Crippen molar-refractivity contribution >= 4 is 22.8 Å². The molecule has 0 saturated carbocycles. The van der Waals surface area contributed by atoms with Gasteiger partial charge in [0.2, 0.25) is 0 Å². The lowest BCUT2D eigenvalue weighted by Crippen LogP contribution is -2.41. The number of hydrogen-bond donors (Lipinski definition) is 6. The predicted molar refractivity (Wildman–Crippen MR) is 115 cm³/mol. The molecule has 0 spiro atoms. The van der Waals surface area contributed by atoms with Crippen molar-refractivity contribution in [3.05, 3.63) is 35.4 Å². The number of anilines is 2. The summed E-state index contributed by atoms with van der Waals surface area (Å²) >= 11 is 0. The maximum atomic E-state index is 12.3. The lowest BCUT2D eigenvalue weighted by molar-refractivity contribution is -0.118. The Balaban J connectivity index is 1.34. The molecule has 2 saturated heterocycles. The Labute approximate surface area is 196 Å². The topological polar surface area (TPSA) is 239 Å². The van der Waals surface area contributed by atoms with E-state index in [9.17, 15) is 25.2 Å². The molecule has 0 amide bonds. The van der Waals surface area contributed by atoms with Crippen LogP contribution in [0.4, 0.5) is 11.6 Å². The fourth-order valence-corrected chi connectivity index (χ4v) is 4.25. The van der Waals surface area contributed by atoms with Crippen LogP contribution in [0, 0.1) is 0 Å². The zero-order valence-corrected chi connectivity index (χ0v) is 18.1. The molecule has 5 heterocycles. The van der Waals surface area contributed by atoms with Gasteiger partial charge in [0.1, 0.15) is 54.3 Å². The molecular formula is C19H24N8O8. The van der Waals surface area contributed by atoms with Crippen LogP contribution in [0.2, 0.25) is 0 Å². The lowest BCUT2D eigenvalue weighted by Gasteiger charge is -2.24. The molecule has 0 bridgehead atoms. The van der Waals surface area contributed by atoms with Crippen LogP contribution in [0.3, 0.4) is 0 Å². The molecule has 2 fully saturated rings. The fraction of sp³-hybridized carbons (Fsp3) is 0.526. The van der Waals surface area contributed by atoms with Gasteiger partial charge in [-0.05, 0) is 6.07 Å². The largest absolute Gasteiger partial charge is 0.394 e. The summed E-state index contributed by atoms with van der Waals surface area (Å²) < 4.78 is 19.7. The number of rotatable bonds is 6. The van der Waals surface area contributed by atoms with E-state index < -0.39 is 61.4 Å². The van der Waals surface area contributed by atoms with Gasteiger partial charge in [0, 0.05) is 6.20 Å². The Hall–Kier alpha value is -3.25. The summed E-state index contributed by atoms with van der Waals surface area (Å²) in [4.78, 5) is 28.0. The molecule has 8 N–H and O–H groups in total. The first kappa shape index (κ1) is 23.5. The van der Waals surface area contributed by atoms with E-state index in [4.69, 9.17) is 25.7 Å². The molecule has 35 heavy (non-hydrogen) atoms. The molecule has 16 heteroatoms. The molecule has 0 unspecified atom stereocenters. The maximum absolute atomic E-state index is 12.3. The number of nitrogens with zero attached hydrogens (tertiary/aromatic N) is 6. The average molecular weight is 492 g/mol. The van der Waals surface area contributed by atoms with Gasteiger partial charge in [-0.2, -0.15) is 4.98 Å². The summed E-state index contributed by atoms with van der Waals surface area (Å²) in [6, 6.07) is 1.37. The van der Waals surface area contributed by atoms with Crippen LogP contribution in [-0.4, -0.2) is 99.3 Å². The first-order chi connectivity index (χ1) is 16.8. The van der Waals surface area contributed by atoms with E-state index in [0.29, 0.717) is 11.2 Å². The number of aromatic nitrogens is 6. The van der Waals surface area contributed by atoms with Gasteiger partial charge in [0.15, 0.2) is 23.9 Å². The SMILES string of the molecule is Nc1ccn([C@@H]2O[C@H](CO)[C@@H](O)[C@H]2OC[C@H]2O[C@@H](n3cnc4c(N)ncnc43)[C@H](O)[C@@H]2O)c(=O)n1. The molecule has 188 valence electrons. The second-order valence-electron chi connectivity index (χ2n) is 8.21. The van der Waals surface area contributed by atoms with Crippen molar-refractivity contribution in [3.8, 4) is 0 Å². The van der Waals surface area contributed by atoms with Crippen LogP contribution >= 0.6 is 0 Å². The molecular weight excluding hydrogens is 468 g/mol. The van der Waals surface area contributed by atoms with Crippen molar-refractivity contribution in [2.45, 2.75) is 49.1 Å². The number of imidazole rings is 1. The van der Waals surface area contributed by atoms with E-state index in [1.807, 2.05) is 0 Å². The predicted octanol–water partition coefficient (Wildman–Crippen LogP) is -3.50. The minimum absolute atomic E-state index is 0.00234. The third-order valence-electron chi connectivity index (χ3n) is 6.07. The second-order valence-corrected chi connectivity index (χ2v) is 8.21. The standard InChI is InChI=1S/C19H24N8O8/c20-9-1-2-26(19(32)25-9)18-14(12(30)7(3-28)34-18)33-4-8-11(29)13(31)17(35-8)27-6-24-10-15(21)22-5-23-16(10)27/h1-2,5-8,11-14,17-18,28-31H,3-4H2,(H2,20,25,32)(H2,21,22,23)/t7-,8-,11-,12-,13-,14-,17-,18-/m1/s1. The Bertz CT molecular complexity index is 1270. The minimum Gasteiger partial charge on any atom is -0.394 e. The number of hydrogen-bond acceptors (Lipinski definition) is 14. The van der Waals surface area contributed by atoms with Gasteiger partial charge in [0.05, 0.1) is 19.5 Å². The molecule has 3 aromatic heterocycles. The first-order valence-electron chi connectivity index (χ1n) is 10.7. The maximum Gasteiger partial charge on any atom is 0.351 e. The van der Waals surface area contributed by atoms with Crippen LogP contribution in [0.5, 0.6) is 0 Å². The van der Waals surface area contributed by atoms with Crippen molar-refractivity contribution in [2.24, 2.45) is 0 Å². The molecule has 2 aliphatic heterocycles. The minimum atomic E-state index is -1.37. The van der Waals surface area contributed by atoms with E-state index in [0.717, 1.165) is 4.57 Å². The van der Waals surface area contributed by atoms with Gasteiger partial charge in [0.25, 0.3) is 0 Å². The highest BCUT2D eigenvalue weighted by atomic mass is 16.6. The van der Waals surface area contributed by atoms with Gasteiger partial charge in [-0.1, -0.05) is 0 Å². The van der Waals surface area contributed by atoms with Crippen LogP contribution < -0.4 is 17.2 Å². The summed E-state index contributed by atoms with van der Waals surface area (Å²) in [6.45, 7) is -0.827. The number of nitrogens with two attached hydrogens (primary N) is 2. The first-order valence-corrected chi connectivity index (χ1v) is 10.7. The summed E-state index contributed by atoms with van der Waals surface area (Å²) in [5.74, 6) is 0.149. The third kappa shape index (κ3) is 4.00. The summed E-state index contributed by atoms with van der Waals surface area (Å²) in [7, 11) is 0. The number of aliphatic hydroxyl groups is 4. The molecule has 16 nitrogen and oxygen atoms in total. The molecule has 0 radical (unpaired) electrons. The van der Waals surface area contributed by atoms with E-state index in [-0.39, 0.29) is 18.2 Å². The van der Waals surface area contributed by atoms with E-state index in [1.165, 1.54) is 29.5 Å². The van der Waals surface area contributed by atoms with Crippen LogP contribution in [0.1, 0.15) is 12.5 Å². The second kappa shape index (κ2) is 9.08. The highest BCUT2D eigenvalue weighted by Crippen LogP contribution is 2.35. The molecule has 2 aliphatic rings. The van der Waals surface area contributed by atoms with Gasteiger partial charge in [-0.15, -0.1) is 0 Å². The fourth-order valence-electron chi connectivity index (χ4n) is 4.25. The van der Waals surface area contributed by atoms with Crippen molar-refractivity contribution in [1.82, 2.24) is 29.1 Å². The van der Waals surface area contributed by atoms with Crippen LogP contribution in [-0.2, 0) is 14.2 Å². The Kier molecular flexibility index (Phi) is 6.09. The lowest BCUT2D eigenvalue weighted by atomic mass is 10.1. The van der Waals surface area contributed by atoms with Gasteiger partial charge in [-0.25, -0.2) is 19.7 Å². The average Bonchev–Trinajstić information content (AvgIpc) is 3.48. The smallest absolute Gasteiger partial charge is 0.351 e. The van der Waals surface area contributed by atoms with Gasteiger partial charge >= 0.3 is 5.69 Å². The van der Waals surface area contributed by atoms with Crippen molar-refractivity contribution in [3.63, 3.8) is 0 Å². The molecule has 3 aromatic rings. The zero-order chi connectivity index (χ0) is 24.9. The van der Waals surface area contributed by atoms with Crippen molar-refractivity contribution in [2.75, 3.05) is 24.7 Å². The summed E-state index contributed by atoms with van der Waals surface area (Å²) in [6.07, 6.45) is -5.54. The molecule has 8 atom stereocenters. The third-order valence-corrected chi connectivity index (χ3v) is 6.07. The van der Waals surface area contributed by atoms with Gasteiger partial charge < -0.3 is 46.1 Å². The van der Waals surface area contributed by atoms with Crippen molar-refractivity contribution in [1.29, 1.82) is 0 Å². The number of fused-ring (bicyclic) bond motifs is 1. The molecule has 0 aromatic carbocycles. The zero-order valence-electron chi connectivity index (χ0n) is 18.1. The number of aliphatic hydroxyl groups excluding tert-OH is 4. The summed E-state index contributed by atoms with van der Waals surface area (Å²) in [5.41, 5.74) is 11.2. The van der Waals surface area contributed by atoms with Crippen LogP contribution in [0.15, 0.2) is 29.7 Å². The van der Waals surface area contributed by atoms with Crippen LogP contribution in [0.25, 0.3) is 11.2 Å². The Morgan fingerprint density at radius 3 is 2.51 bits per heavy atom. The Morgan fingerprint density at radius 2 is 1.77 bits per heavy atom. The number of nitrogen functional groups attached to an aromatic ring is 2. The van der Waals surface area contributed by atoms with Gasteiger partial charge in [-0.3, -0.25) is 9.13 Å².